The molecule has 0 spiro atoms. The van der Waals surface area contributed by atoms with Gasteiger partial charge in [-0.3, -0.25) is 19.8 Å². The molecule has 2 fully saturated rings. The van der Waals surface area contributed by atoms with E-state index in [-0.39, 0.29) is 12.5 Å². The number of carbonyl (C=O) groups excluding carboxylic acids is 1. The Balaban J connectivity index is 1.95. The standard InChI is InChI=1S/C15H20F2N4O/c1-10-8-19-11(9-18-10)12-4-7-20-6-3-5-15(2,13(16)17)14(22)21(12)20/h8-9,12-13H,3-7H2,1-2H3/t12?,15-/m1/s1. The molecule has 5 nitrogen and oxygen atoms in total. The molecule has 0 N–H and O–H groups in total. The molecule has 0 radical (unpaired) electrons. The Bertz CT molecular complexity index is 565. The van der Waals surface area contributed by atoms with Crippen molar-refractivity contribution < 1.29 is 13.6 Å². The zero-order valence-electron chi connectivity index (χ0n) is 12.8. The summed E-state index contributed by atoms with van der Waals surface area (Å²) in [5, 5.41) is 3.40. The van der Waals surface area contributed by atoms with Crippen molar-refractivity contribution in [3.8, 4) is 0 Å². The normalized spacial score (nSPS) is 29.8. The largest absolute Gasteiger partial charge is 0.273 e. The van der Waals surface area contributed by atoms with Crippen molar-refractivity contribution in [2.24, 2.45) is 5.41 Å². The Kier molecular flexibility index (Phi) is 3.84. The van der Waals surface area contributed by atoms with Crippen LogP contribution in [0.3, 0.4) is 0 Å². The van der Waals surface area contributed by atoms with Gasteiger partial charge in [-0.1, -0.05) is 0 Å². The van der Waals surface area contributed by atoms with Crippen molar-refractivity contribution in [1.82, 2.24) is 20.0 Å². The van der Waals surface area contributed by atoms with E-state index in [0.717, 1.165) is 5.69 Å². The van der Waals surface area contributed by atoms with Gasteiger partial charge in [0.2, 0.25) is 5.91 Å². The van der Waals surface area contributed by atoms with Gasteiger partial charge in [-0.15, -0.1) is 0 Å². The Hall–Kier alpha value is -1.63. The van der Waals surface area contributed by atoms with E-state index in [9.17, 15) is 13.6 Å². The number of aromatic nitrogens is 2. The lowest BCUT2D eigenvalue weighted by molar-refractivity contribution is -0.164. The van der Waals surface area contributed by atoms with Gasteiger partial charge in [0.15, 0.2) is 0 Å². The fourth-order valence-corrected chi connectivity index (χ4v) is 3.24. The summed E-state index contributed by atoms with van der Waals surface area (Å²) in [5.41, 5.74) is -0.159. The molecule has 1 aromatic heterocycles. The van der Waals surface area contributed by atoms with Crippen LogP contribution in [-0.4, -0.2) is 45.4 Å². The Morgan fingerprint density at radius 1 is 1.32 bits per heavy atom. The molecule has 3 rings (SSSR count). The minimum atomic E-state index is -2.66. The Morgan fingerprint density at radius 2 is 2.09 bits per heavy atom. The summed E-state index contributed by atoms with van der Waals surface area (Å²) >= 11 is 0. The molecule has 120 valence electrons. The molecular formula is C15H20F2N4O. The summed E-state index contributed by atoms with van der Waals surface area (Å²) in [4.78, 5) is 21.3. The van der Waals surface area contributed by atoms with Crippen LogP contribution in [0.5, 0.6) is 0 Å². The van der Waals surface area contributed by atoms with Crippen LogP contribution < -0.4 is 0 Å². The molecule has 1 aromatic rings. The van der Waals surface area contributed by atoms with Crippen LogP contribution in [-0.2, 0) is 4.79 Å². The maximum Gasteiger partial charge on any atom is 0.252 e. The van der Waals surface area contributed by atoms with Gasteiger partial charge in [-0.25, -0.2) is 13.8 Å². The SMILES string of the molecule is Cc1cnc(C2CCN3CCC[C@](C)(C(F)F)C(=O)N23)cn1. The first-order valence-electron chi connectivity index (χ1n) is 7.58. The molecule has 1 unspecified atom stereocenters. The topological polar surface area (TPSA) is 49.3 Å². The number of hydrogen-bond acceptors (Lipinski definition) is 4. The zero-order valence-corrected chi connectivity index (χ0v) is 12.8. The van der Waals surface area contributed by atoms with Crippen molar-refractivity contribution in [2.45, 2.75) is 45.6 Å². The van der Waals surface area contributed by atoms with Gasteiger partial charge in [0.1, 0.15) is 5.41 Å². The van der Waals surface area contributed by atoms with E-state index in [2.05, 4.69) is 9.97 Å². The monoisotopic (exact) mass is 310 g/mol. The highest BCUT2D eigenvalue weighted by molar-refractivity contribution is 5.83. The first kappa shape index (κ1) is 15.3. The molecule has 2 aliphatic heterocycles. The van der Waals surface area contributed by atoms with Gasteiger partial charge in [0.25, 0.3) is 6.43 Å². The van der Waals surface area contributed by atoms with Crippen LogP contribution in [0.4, 0.5) is 8.78 Å². The molecule has 2 aliphatic rings. The summed E-state index contributed by atoms with van der Waals surface area (Å²) in [7, 11) is 0. The molecule has 0 aromatic carbocycles. The van der Waals surface area contributed by atoms with E-state index in [4.69, 9.17) is 0 Å². The molecule has 0 aliphatic carbocycles. The number of nitrogens with zero attached hydrogens (tertiary/aromatic N) is 4. The van der Waals surface area contributed by atoms with Gasteiger partial charge in [-0.2, -0.15) is 0 Å². The van der Waals surface area contributed by atoms with E-state index in [1.54, 1.807) is 12.4 Å². The molecular weight excluding hydrogens is 290 g/mol. The smallest absolute Gasteiger partial charge is 0.252 e. The molecule has 22 heavy (non-hydrogen) atoms. The summed E-state index contributed by atoms with van der Waals surface area (Å²) in [6.45, 7) is 4.53. The number of hydrogen-bond donors (Lipinski definition) is 0. The lowest BCUT2D eigenvalue weighted by Crippen LogP contribution is -2.49. The number of aryl methyl sites for hydroxylation is 1. The minimum Gasteiger partial charge on any atom is -0.273 e. The van der Waals surface area contributed by atoms with Crippen LogP contribution in [0.15, 0.2) is 12.4 Å². The highest BCUT2D eigenvalue weighted by Gasteiger charge is 2.51. The number of amides is 1. The first-order valence-corrected chi connectivity index (χ1v) is 7.58. The highest BCUT2D eigenvalue weighted by atomic mass is 19.3. The summed E-state index contributed by atoms with van der Waals surface area (Å²) in [6, 6.07) is -0.295. The molecule has 2 atom stereocenters. The average molecular weight is 310 g/mol. The first-order chi connectivity index (χ1) is 10.4. The van der Waals surface area contributed by atoms with E-state index in [0.29, 0.717) is 31.6 Å². The Morgan fingerprint density at radius 3 is 2.73 bits per heavy atom. The van der Waals surface area contributed by atoms with E-state index < -0.39 is 17.7 Å². The molecule has 0 saturated carbocycles. The number of halogens is 2. The molecule has 1 amide bonds. The quantitative estimate of drug-likeness (QED) is 0.841. The van der Waals surface area contributed by atoms with Gasteiger partial charge in [0.05, 0.1) is 23.6 Å². The second kappa shape index (κ2) is 5.53. The third kappa shape index (κ3) is 2.37. The number of alkyl halides is 2. The van der Waals surface area contributed by atoms with E-state index in [1.807, 2.05) is 11.9 Å². The molecule has 0 bridgehead atoms. The number of rotatable bonds is 2. The average Bonchev–Trinajstić information content (AvgIpc) is 2.85. The third-order valence-electron chi connectivity index (χ3n) is 4.69. The van der Waals surface area contributed by atoms with Crippen LogP contribution in [0.25, 0.3) is 0 Å². The van der Waals surface area contributed by atoms with Crippen molar-refractivity contribution in [3.63, 3.8) is 0 Å². The van der Waals surface area contributed by atoms with Crippen LogP contribution in [0.1, 0.15) is 43.6 Å². The minimum absolute atomic E-state index is 0.211. The van der Waals surface area contributed by atoms with Crippen LogP contribution in [0.2, 0.25) is 0 Å². The maximum atomic E-state index is 13.5. The number of carbonyl (C=O) groups is 1. The predicted octanol–water partition coefficient (Wildman–Crippen LogP) is 2.34. The number of hydrazine groups is 1. The maximum absolute atomic E-state index is 13.5. The Labute approximate surface area is 128 Å². The highest BCUT2D eigenvalue weighted by Crippen LogP contribution is 2.42. The fraction of sp³-hybridized carbons (Fsp3) is 0.667. The lowest BCUT2D eigenvalue weighted by Gasteiger charge is -2.35. The summed E-state index contributed by atoms with van der Waals surface area (Å²) in [5.74, 6) is -0.495. The van der Waals surface area contributed by atoms with E-state index in [1.165, 1.54) is 11.9 Å². The predicted molar refractivity (Wildman–Crippen MR) is 75.9 cm³/mol. The lowest BCUT2D eigenvalue weighted by atomic mass is 9.84. The summed E-state index contributed by atoms with van der Waals surface area (Å²) < 4.78 is 27.0. The second-order valence-corrected chi connectivity index (χ2v) is 6.31. The van der Waals surface area contributed by atoms with Crippen molar-refractivity contribution in [3.05, 3.63) is 23.8 Å². The number of fused-ring (bicyclic) bond motifs is 1. The van der Waals surface area contributed by atoms with Gasteiger partial charge >= 0.3 is 0 Å². The summed E-state index contributed by atoms with van der Waals surface area (Å²) in [6.07, 6.45) is 2.12. The third-order valence-corrected chi connectivity index (χ3v) is 4.69. The van der Waals surface area contributed by atoms with Gasteiger partial charge < -0.3 is 0 Å². The van der Waals surface area contributed by atoms with E-state index >= 15 is 0 Å². The molecule has 2 saturated heterocycles. The fourth-order valence-electron chi connectivity index (χ4n) is 3.24. The van der Waals surface area contributed by atoms with Crippen molar-refractivity contribution in [2.75, 3.05) is 13.1 Å². The van der Waals surface area contributed by atoms with Crippen molar-refractivity contribution in [1.29, 1.82) is 0 Å². The van der Waals surface area contributed by atoms with Gasteiger partial charge in [-0.05, 0) is 33.1 Å². The van der Waals surface area contributed by atoms with Gasteiger partial charge in [0, 0.05) is 19.3 Å². The molecule has 3 heterocycles. The van der Waals surface area contributed by atoms with Crippen molar-refractivity contribution >= 4 is 5.91 Å². The zero-order chi connectivity index (χ0) is 15.9. The van der Waals surface area contributed by atoms with Crippen LogP contribution >= 0.6 is 0 Å². The molecule has 7 heteroatoms. The second-order valence-electron chi connectivity index (χ2n) is 6.31. The van der Waals surface area contributed by atoms with Crippen LogP contribution in [0, 0.1) is 12.3 Å².